The maximum atomic E-state index is 12.3. The lowest BCUT2D eigenvalue weighted by Gasteiger charge is -2.19. The average molecular weight is 336 g/mol. The lowest BCUT2D eigenvalue weighted by molar-refractivity contribution is -0.131. The van der Waals surface area contributed by atoms with E-state index in [1.807, 2.05) is 4.90 Å². The first-order valence-electron chi connectivity index (χ1n) is 7.67. The summed E-state index contributed by atoms with van der Waals surface area (Å²) >= 11 is 1.77. The Labute approximate surface area is 138 Å². The average Bonchev–Trinajstić information content (AvgIpc) is 3.24. The van der Waals surface area contributed by atoms with E-state index in [9.17, 15) is 14.7 Å². The van der Waals surface area contributed by atoms with Gasteiger partial charge in [0.1, 0.15) is 5.56 Å². The SMILES string of the molecule is O=C(NC[C@@H]1CN[C@H](C(=O)N2CCSC2)C1)c1cccnc1O. The Morgan fingerprint density at radius 3 is 3.13 bits per heavy atom. The molecule has 0 unspecified atom stereocenters. The lowest BCUT2D eigenvalue weighted by Crippen LogP contribution is -2.42. The minimum absolute atomic E-state index is 0.151. The van der Waals surface area contributed by atoms with Crippen molar-refractivity contribution in [2.24, 2.45) is 5.92 Å². The van der Waals surface area contributed by atoms with E-state index in [0.29, 0.717) is 13.1 Å². The van der Waals surface area contributed by atoms with Crippen molar-refractivity contribution in [1.82, 2.24) is 20.5 Å². The van der Waals surface area contributed by atoms with Crippen molar-refractivity contribution in [2.75, 3.05) is 31.3 Å². The molecule has 7 nitrogen and oxygen atoms in total. The number of amides is 2. The number of pyridine rings is 1. The fourth-order valence-electron chi connectivity index (χ4n) is 2.87. The Kier molecular flexibility index (Phi) is 5.02. The van der Waals surface area contributed by atoms with Crippen LogP contribution in [0.15, 0.2) is 18.3 Å². The van der Waals surface area contributed by atoms with E-state index < -0.39 is 0 Å². The first-order valence-corrected chi connectivity index (χ1v) is 8.82. The van der Waals surface area contributed by atoms with Crippen molar-refractivity contribution >= 4 is 23.6 Å². The van der Waals surface area contributed by atoms with Gasteiger partial charge in [0, 0.05) is 31.6 Å². The van der Waals surface area contributed by atoms with E-state index in [0.717, 1.165) is 24.6 Å². The first-order chi connectivity index (χ1) is 11.1. The molecule has 0 aromatic carbocycles. The summed E-state index contributed by atoms with van der Waals surface area (Å²) in [6.45, 7) is 2.00. The second-order valence-electron chi connectivity index (χ2n) is 5.79. The monoisotopic (exact) mass is 336 g/mol. The molecule has 2 atom stereocenters. The van der Waals surface area contributed by atoms with Crippen LogP contribution in [0.25, 0.3) is 0 Å². The molecule has 2 amide bonds. The Balaban J connectivity index is 1.47. The third kappa shape index (κ3) is 3.76. The number of aromatic nitrogens is 1. The Hall–Kier alpha value is -1.80. The van der Waals surface area contributed by atoms with E-state index in [1.165, 1.54) is 12.3 Å². The molecule has 0 aliphatic carbocycles. The van der Waals surface area contributed by atoms with Crippen molar-refractivity contribution in [2.45, 2.75) is 12.5 Å². The molecule has 2 aliphatic rings. The van der Waals surface area contributed by atoms with E-state index in [-0.39, 0.29) is 35.2 Å². The van der Waals surface area contributed by atoms with Gasteiger partial charge in [0.25, 0.3) is 5.91 Å². The minimum Gasteiger partial charge on any atom is -0.493 e. The number of nitrogens with one attached hydrogen (secondary N) is 2. The molecule has 3 N–H and O–H groups in total. The zero-order valence-electron chi connectivity index (χ0n) is 12.7. The highest BCUT2D eigenvalue weighted by Crippen LogP contribution is 2.20. The van der Waals surface area contributed by atoms with E-state index >= 15 is 0 Å². The van der Waals surface area contributed by atoms with Crippen LogP contribution in [0.1, 0.15) is 16.8 Å². The van der Waals surface area contributed by atoms with Crippen LogP contribution in [-0.4, -0.2) is 64.1 Å². The predicted octanol–water partition coefficient (Wildman–Crippen LogP) is 0.0280. The predicted molar refractivity (Wildman–Crippen MR) is 87.2 cm³/mol. The number of carbonyl (C=O) groups is 2. The van der Waals surface area contributed by atoms with Crippen LogP contribution in [0.4, 0.5) is 0 Å². The van der Waals surface area contributed by atoms with Crippen LogP contribution in [-0.2, 0) is 4.79 Å². The molecule has 0 radical (unpaired) electrons. The number of aromatic hydroxyl groups is 1. The van der Waals surface area contributed by atoms with Gasteiger partial charge >= 0.3 is 0 Å². The van der Waals surface area contributed by atoms with Crippen LogP contribution in [0, 0.1) is 5.92 Å². The second-order valence-corrected chi connectivity index (χ2v) is 6.86. The summed E-state index contributed by atoms with van der Waals surface area (Å²) in [4.78, 5) is 29.9. The number of carbonyl (C=O) groups excluding carboxylic acids is 2. The maximum absolute atomic E-state index is 12.3. The molecular formula is C15H20N4O3S. The highest BCUT2D eigenvalue weighted by atomic mass is 32.2. The summed E-state index contributed by atoms with van der Waals surface area (Å²) in [5.74, 6) is 1.54. The van der Waals surface area contributed by atoms with Crippen LogP contribution < -0.4 is 10.6 Å². The van der Waals surface area contributed by atoms with Gasteiger partial charge in [0.05, 0.1) is 11.9 Å². The van der Waals surface area contributed by atoms with Crippen molar-refractivity contribution in [1.29, 1.82) is 0 Å². The van der Waals surface area contributed by atoms with Crippen molar-refractivity contribution in [3.05, 3.63) is 23.9 Å². The molecule has 23 heavy (non-hydrogen) atoms. The van der Waals surface area contributed by atoms with Gasteiger partial charge in [-0.15, -0.1) is 11.8 Å². The summed E-state index contributed by atoms with van der Waals surface area (Å²) < 4.78 is 0. The quantitative estimate of drug-likeness (QED) is 0.718. The van der Waals surface area contributed by atoms with Gasteiger partial charge in [-0.3, -0.25) is 9.59 Å². The van der Waals surface area contributed by atoms with Crippen LogP contribution in [0.3, 0.4) is 0 Å². The first kappa shape index (κ1) is 16.1. The van der Waals surface area contributed by atoms with Crippen LogP contribution in [0.2, 0.25) is 0 Å². The van der Waals surface area contributed by atoms with E-state index in [4.69, 9.17) is 0 Å². The van der Waals surface area contributed by atoms with Crippen molar-refractivity contribution in [3.63, 3.8) is 0 Å². The standard InChI is InChI=1S/C15H20N4O3S/c20-13-11(2-1-3-16-13)14(21)18-8-10-6-12(17-7-10)15(22)19-4-5-23-9-19/h1-3,10,12,17H,4-9H2,(H,16,20)(H,18,21)/t10-,12-/m0/s1. The van der Waals surface area contributed by atoms with Gasteiger partial charge in [-0.1, -0.05) is 0 Å². The van der Waals surface area contributed by atoms with Gasteiger partial charge in [-0.25, -0.2) is 4.98 Å². The second kappa shape index (κ2) is 7.18. The third-order valence-electron chi connectivity index (χ3n) is 4.17. The van der Waals surface area contributed by atoms with E-state index in [1.54, 1.807) is 17.8 Å². The number of nitrogens with zero attached hydrogens (tertiary/aromatic N) is 2. The topological polar surface area (TPSA) is 94.6 Å². The van der Waals surface area contributed by atoms with Crippen LogP contribution in [0.5, 0.6) is 5.88 Å². The summed E-state index contributed by atoms with van der Waals surface area (Å²) in [5, 5.41) is 15.6. The molecule has 2 saturated heterocycles. The molecule has 1 aromatic rings. The fraction of sp³-hybridized carbons (Fsp3) is 0.533. The van der Waals surface area contributed by atoms with Crippen molar-refractivity contribution in [3.8, 4) is 5.88 Å². The van der Waals surface area contributed by atoms with Gasteiger partial charge in [0.2, 0.25) is 11.8 Å². The number of hydrogen-bond acceptors (Lipinski definition) is 6. The zero-order chi connectivity index (χ0) is 16.2. The minimum atomic E-state index is -0.346. The zero-order valence-corrected chi connectivity index (χ0v) is 13.5. The molecule has 0 bridgehead atoms. The summed E-state index contributed by atoms with van der Waals surface area (Å²) in [6, 6.07) is 2.98. The van der Waals surface area contributed by atoms with Crippen LogP contribution >= 0.6 is 11.8 Å². The summed E-state index contributed by atoms with van der Waals surface area (Å²) in [7, 11) is 0. The molecule has 2 aliphatic heterocycles. The normalized spacial score (nSPS) is 23.9. The Morgan fingerprint density at radius 2 is 2.39 bits per heavy atom. The molecule has 1 aromatic heterocycles. The van der Waals surface area contributed by atoms with E-state index in [2.05, 4.69) is 15.6 Å². The fourth-order valence-corrected chi connectivity index (χ4v) is 3.82. The smallest absolute Gasteiger partial charge is 0.256 e. The summed E-state index contributed by atoms with van der Waals surface area (Å²) in [5.41, 5.74) is 0.167. The molecule has 3 rings (SSSR count). The molecule has 0 saturated carbocycles. The maximum Gasteiger partial charge on any atom is 0.256 e. The molecule has 2 fully saturated rings. The largest absolute Gasteiger partial charge is 0.493 e. The third-order valence-corrected chi connectivity index (χ3v) is 5.13. The van der Waals surface area contributed by atoms with Crippen molar-refractivity contribution < 1.29 is 14.7 Å². The number of hydrogen-bond donors (Lipinski definition) is 3. The highest BCUT2D eigenvalue weighted by molar-refractivity contribution is 7.99. The van der Waals surface area contributed by atoms with Gasteiger partial charge in [0.15, 0.2) is 0 Å². The van der Waals surface area contributed by atoms with Gasteiger partial charge in [-0.2, -0.15) is 0 Å². The molecule has 8 heteroatoms. The number of thioether (sulfide) groups is 1. The summed E-state index contributed by atoms with van der Waals surface area (Å²) in [6.07, 6.45) is 2.15. The Morgan fingerprint density at radius 1 is 1.52 bits per heavy atom. The molecular weight excluding hydrogens is 316 g/mol. The molecule has 0 spiro atoms. The molecule has 124 valence electrons. The molecule has 3 heterocycles. The Bertz CT molecular complexity index is 592. The highest BCUT2D eigenvalue weighted by Gasteiger charge is 2.33. The van der Waals surface area contributed by atoms with Gasteiger partial charge < -0.3 is 20.6 Å². The number of rotatable bonds is 4. The lowest BCUT2D eigenvalue weighted by atomic mass is 10.0. The van der Waals surface area contributed by atoms with Gasteiger partial charge in [-0.05, 0) is 24.5 Å².